The average molecular weight is 362 g/mol. The molecule has 3 rings (SSSR count). The molecule has 2 aromatic carbocycles. The maximum absolute atomic E-state index is 12.3. The molecule has 27 heavy (non-hydrogen) atoms. The minimum absolute atomic E-state index is 0.0548. The molecule has 0 radical (unpaired) electrons. The Hall–Kier alpha value is -2.84. The molecule has 1 aliphatic heterocycles. The third kappa shape index (κ3) is 5.57. The third-order valence-corrected chi connectivity index (χ3v) is 5.02. The Kier molecular flexibility index (Phi) is 6.45. The van der Waals surface area contributed by atoms with Crippen LogP contribution in [0.4, 0.5) is 4.79 Å². The summed E-state index contributed by atoms with van der Waals surface area (Å²) in [6, 6.07) is 19.8. The average Bonchev–Trinajstić information content (AvgIpc) is 3.14. The highest BCUT2D eigenvalue weighted by molar-refractivity contribution is 5.73. The molecule has 5 nitrogen and oxygen atoms in total. The van der Waals surface area contributed by atoms with Gasteiger partial charge in [-0.25, -0.2) is 4.79 Å². The standard InChI is InChI=1S/C22H26N4O/c1-25(22(27)24-14-19-9-7-18(13-23)8-10-19)15-21-11-12-26(17-21)16-20-5-3-2-4-6-20/h2-10,21H,11-12,14-17H2,1H3,(H,24,27)/t21-/m1/s1. The number of carbonyl (C=O) groups excluding carboxylic acids is 1. The molecule has 1 N–H and O–H groups in total. The van der Waals surface area contributed by atoms with Gasteiger partial charge in [-0.1, -0.05) is 42.5 Å². The first kappa shape index (κ1) is 18.9. The second-order valence-corrected chi connectivity index (χ2v) is 7.22. The van der Waals surface area contributed by atoms with Gasteiger partial charge in [-0.05, 0) is 42.1 Å². The SMILES string of the molecule is CN(C[C@H]1CCN(Cc2ccccc2)C1)C(=O)NCc1ccc(C#N)cc1. The number of likely N-dealkylation sites (tertiary alicyclic amines) is 1. The van der Waals surface area contributed by atoms with Crippen LogP contribution in [0, 0.1) is 17.2 Å². The number of nitrogens with one attached hydrogen (secondary N) is 1. The van der Waals surface area contributed by atoms with E-state index in [9.17, 15) is 4.79 Å². The van der Waals surface area contributed by atoms with E-state index in [0.717, 1.165) is 38.2 Å². The van der Waals surface area contributed by atoms with Crippen molar-refractivity contribution in [2.75, 3.05) is 26.7 Å². The van der Waals surface area contributed by atoms with Crippen molar-refractivity contribution in [2.45, 2.75) is 19.5 Å². The molecule has 1 heterocycles. The van der Waals surface area contributed by atoms with Crippen LogP contribution in [0.3, 0.4) is 0 Å². The van der Waals surface area contributed by atoms with Crippen LogP contribution >= 0.6 is 0 Å². The molecule has 0 aromatic heterocycles. The smallest absolute Gasteiger partial charge is 0.317 e. The van der Waals surface area contributed by atoms with Gasteiger partial charge in [-0.15, -0.1) is 0 Å². The number of rotatable bonds is 6. The Labute approximate surface area is 161 Å². The molecule has 0 saturated carbocycles. The Morgan fingerprint density at radius 1 is 1.19 bits per heavy atom. The largest absolute Gasteiger partial charge is 0.334 e. The van der Waals surface area contributed by atoms with Crippen molar-refractivity contribution in [3.05, 3.63) is 71.3 Å². The van der Waals surface area contributed by atoms with Gasteiger partial charge in [0.15, 0.2) is 0 Å². The van der Waals surface area contributed by atoms with E-state index in [1.807, 2.05) is 25.2 Å². The summed E-state index contributed by atoms with van der Waals surface area (Å²) in [7, 11) is 1.86. The number of urea groups is 1. The lowest BCUT2D eigenvalue weighted by Crippen LogP contribution is -2.40. The zero-order valence-electron chi connectivity index (χ0n) is 15.8. The maximum Gasteiger partial charge on any atom is 0.317 e. The lowest BCUT2D eigenvalue weighted by Gasteiger charge is -2.22. The molecule has 1 aliphatic rings. The number of benzene rings is 2. The number of hydrogen-bond donors (Lipinski definition) is 1. The van der Waals surface area contributed by atoms with Crippen molar-refractivity contribution in [3.8, 4) is 6.07 Å². The highest BCUT2D eigenvalue weighted by atomic mass is 16.2. The summed E-state index contributed by atoms with van der Waals surface area (Å²) in [5.41, 5.74) is 2.96. The summed E-state index contributed by atoms with van der Waals surface area (Å²) in [5, 5.41) is 11.8. The summed E-state index contributed by atoms with van der Waals surface area (Å²) in [4.78, 5) is 16.6. The van der Waals surface area contributed by atoms with Crippen LogP contribution in [-0.4, -0.2) is 42.5 Å². The monoisotopic (exact) mass is 362 g/mol. The van der Waals surface area contributed by atoms with Crippen molar-refractivity contribution in [1.82, 2.24) is 15.1 Å². The van der Waals surface area contributed by atoms with Crippen LogP contribution in [0.1, 0.15) is 23.1 Å². The predicted octanol–water partition coefficient (Wildman–Crippen LogP) is 3.22. The van der Waals surface area contributed by atoms with Crippen LogP contribution in [-0.2, 0) is 13.1 Å². The first-order chi connectivity index (χ1) is 13.1. The Bertz CT molecular complexity index is 782. The molecular weight excluding hydrogens is 336 g/mol. The minimum atomic E-state index is -0.0548. The Balaban J connectivity index is 1.41. The number of nitriles is 1. The van der Waals surface area contributed by atoms with Crippen molar-refractivity contribution in [3.63, 3.8) is 0 Å². The van der Waals surface area contributed by atoms with Crippen molar-refractivity contribution in [2.24, 2.45) is 5.92 Å². The molecule has 0 unspecified atom stereocenters. The quantitative estimate of drug-likeness (QED) is 0.858. The fourth-order valence-corrected chi connectivity index (χ4v) is 3.53. The maximum atomic E-state index is 12.3. The van der Waals surface area contributed by atoms with E-state index in [1.54, 1.807) is 17.0 Å². The molecule has 0 bridgehead atoms. The molecule has 0 aliphatic carbocycles. The summed E-state index contributed by atoms with van der Waals surface area (Å²) in [6.45, 7) is 4.33. The van der Waals surface area contributed by atoms with E-state index >= 15 is 0 Å². The minimum Gasteiger partial charge on any atom is -0.334 e. The predicted molar refractivity (Wildman–Crippen MR) is 106 cm³/mol. The fourth-order valence-electron chi connectivity index (χ4n) is 3.53. The zero-order chi connectivity index (χ0) is 19.1. The van der Waals surface area contributed by atoms with Crippen molar-refractivity contribution in [1.29, 1.82) is 5.26 Å². The van der Waals surface area contributed by atoms with Gasteiger partial charge in [-0.3, -0.25) is 4.90 Å². The molecule has 1 saturated heterocycles. The van der Waals surface area contributed by atoms with Crippen LogP contribution in [0.5, 0.6) is 0 Å². The van der Waals surface area contributed by atoms with Gasteiger partial charge in [0.2, 0.25) is 0 Å². The van der Waals surface area contributed by atoms with Crippen LogP contribution in [0.2, 0.25) is 0 Å². The highest BCUT2D eigenvalue weighted by Crippen LogP contribution is 2.19. The molecule has 1 atom stereocenters. The molecule has 1 fully saturated rings. The number of carbonyl (C=O) groups is 1. The summed E-state index contributed by atoms with van der Waals surface area (Å²) < 4.78 is 0. The topological polar surface area (TPSA) is 59.4 Å². The van der Waals surface area contributed by atoms with Crippen LogP contribution in [0.15, 0.2) is 54.6 Å². The number of amides is 2. The van der Waals surface area contributed by atoms with E-state index in [1.165, 1.54) is 5.56 Å². The summed E-state index contributed by atoms with van der Waals surface area (Å²) in [6.07, 6.45) is 1.13. The summed E-state index contributed by atoms with van der Waals surface area (Å²) >= 11 is 0. The lowest BCUT2D eigenvalue weighted by atomic mass is 10.1. The zero-order valence-corrected chi connectivity index (χ0v) is 15.8. The molecule has 2 aromatic rings. The fraction of sp³-hybridized carbons (Fsp3) is 0.364. The van der Waals surface area contributed by atoms with Gasteiger partial charge < -0.3 is 10.2 Å². The van der Waals surface area contributed by atoms with Gasteiger partial charge in [0, 0.05) is 33.2 Å². The van der Waals surface area contributed by atoms with Gasteiger partial charge >= 0.3 is 6.03 Å². The van der Waals surface area contributed by atoms with E-state index in [2.05, 4.69) is 40.6 Å². The highest BCUT2D eigenvalue weighted by Gasteiger charge is 2.24. The Morgan fingerprint density at radius 3 is 2.63 bits per heavy atom. The van der Waals surface area contributed by atoms with Gasteiger partial charge in [-0.2, -0.15) is 5.26 Å². The van der Waals surface area contributed by atoms with Crippen LogP contribution < -0.4 is 5.32 Å². The third-order valence-electron chi connectivity index (χ3n) is 5.02. The summed E-state index contributed by atoms with van der Waals surface area (Å²) in [5.74, 6) is 0.513. The van der Waals surface area contributed by atoms with E-state index < -0.39 is 0 Å². The lowest BCUT2D eigenvalue weighted by molar-refractivity contribution is 0.199. The molecule has 2 amide bonds. The molecule has 5 heteroatoms. The van der Waals surface area contributed by atoms with Crippen LogP contribution in [0.25, 0.3) is 0 Å². The van der Waals surface area contributed by atoms with E-state index in [4.69, 9.17) is 5.26 Å². The molecule has 140 valence electrons. The first-order valence-corrected chi connectivity index (χ1v) is 9.38. The second kappa shape index (κ2) is 9.20. The van der Waals surface area contributed by atoms with Gasteiger partial charge in [0.1, 0.15) is 0 Å². The van der Waals surface area contributed by atoms with E-state index in [-0.39, 0.29) is 6.03 Å². The second-order valence-electron chi connectivity index (χ2n) is 7.22. The van der Waals surface area contributed by atoms with Crippen molar-refractivity contribution >= 4 is 6.03 Å². The van der Waals surface area contributed by atoms with Gasteiger partial charge in [0.05, 0.1) is 11.6 Å². The normalized spacial score (nSPS) is 16.7. The number of nitrogens with zero attached hydrogens (tertiary/aromatic N) is 3. The Morgan fingerprint density at radius 2 is 1.93 bits per heavy atom. The van der Waals surface area contributed by atoms with Crippen molar-refractivity contribution < 1.29 is 4.79 Å². The molecular formula is C22H26N4O. The number of hydrogen-bond acceptors (Lipinski definition) is 3. The first-order valence-electron chi connectivity index (χ1n) is 9.38. The van der Waals surface area contributed by atoms with E-state index in [0.29, 0.717) is 18.0 Å². The van der Waals surface area contributed by atoms with Gasteiger partial charge in [0.25, 0.3) is 0 Å². The molecule has 0 spiro atoms.